The summed E-state index contributed by atoms with van der Waals surface area (Å²) in [6, 6.07) is 14.1. The van der Waals surface area contributed by atoms with Crippen molar-refractivity contribution >= 4 is 15.8 Å². The molecule has 0 atom stereocenters. The smallest absolute Gasteiger partial charge is 0.303 e. The molecular weight excluding hydrogens is 288 g/mol. The van der Waals surface area contributed by atoms with Gasteiger partial charge in [-0.3, -0.25) is 4.79 Å². The molecule has 2 rings (SSSR count). The van der Waals surface area contributed by atoms with Crippen molar-refractivity contribution in [2.75, 3.05) is 6.26 Å². The summed E-state index contributed by atoms with van der Waals surface area (Å²) in [5.41, 5.74) is 2.29. The number of carboxylic acids is 1. The molecule has 0 saturated carbocycles. The van der Waals surface area contributed by atoms with Gasteiger partial charge in [-0.2, -0.15) is 0 Å². The van der Waals surface area contributed by atoms with Gasteiger partial charge in [-0.15, -0.1) is 0 Å². The van der Waals surface area contributed by atoms with Gasteiger partial charge in [0.15, 0.2) is 9.84 Å². The summed E-state index contributed by atoms with van der Waals surface area (Å²) in [6.45, 7) is 0. The Morgan fingerprint density at radius 2 is 1.81 bits per heavy atom. The summed E-state index contributed by atoms with van der Waals surface area (Å²) in [5.74, 6) is -0.850. The first-order valence-corrected chi connectivity index (χ1v) is 8.37. The van der Waals surface area contributed by atoms with Crippen LogP contribution in [0.25, 0.3) is 11.1 Å². The van der Waals surface area contributed by atoms with Gasteiger partial charge in [-0.1, -0.05) is 42.5 Å². The molecule has 0 unspecified atom stereocenters. The van der Waals surface area contributed by atoms with E-state index in [1.165, 1.54) is 6.26 Å². The highest BCUT2D eigenvalue weighted by Gasteiger charge is 2.14. The highest BCUT2D eigenvalue weighted by Crippen LogP contribution is 2.28. The van der Waals surface area contributed by atoms with Gasteiger partial charge in [-0.05, 0) is 23.6 Å². The quantitative estimate of drug-likeness (QED) is 0.922. The van der Waals surface area contributed by atoms with Gasteiger partial charge in [0.25, 0.3) is 0 Å². The van der Waals surface area contributed by atoms with Crippen molar-refractivity contribution in [3.63, 3.8) is 0 Å². The number of aliphatic carboxylic acids is 1. The number of hydrogen-bond acceptors (Lipinski definition) is 3. The molecule has 0 amide bonds. The summed E-state index contributed by atoms with van der Waals surface area (Å²) in [6.07, 6.45) is 1.65. The van der Waals surface area contributed by atoms with E-state index in [-0.39, 0.29) is 11.3 Å². The van der Waals surface area contributed by atoms with E-state index in [4.69, 9.17) is 5.11 Å². The highest BCUT2D eigenvalue weighted by atomic mass is 32.2. The molecule has 0 aromatic heterocycles. The Kier molecular flexibility index (Phi) is 4.43. The second kappa shape index (κ2) is 6.10. The fraction of sp³-hybridized carbons (Fsp3) is 0.188. The summed E-state index contributed by atoms with van der Waals surface area (Å²) in [4.78, 5) is 10.9. The van der Waals surface area contributed by atoms with E-state index < -0.39 is 15.8 Å². The Bertz CT molecular complexity index is 763. The molecule has 0 aliphatic rings. The van der Waals surface area contributed by atoms with Crippen LogP contribution in [-0.2, 0) is 21.1 Å². The van der Waals surface area contributed by atoms with Crippen LogP contribution in [0.3, 0.4) is 0 Å². The average Bonchev–Trinajstić information content (AvgIpc) is 2.44. The first-order chi connectivity index (χ1) is 9.88. The van der Waals surface area contributed by atoms with Crippen molar-refractivity contribution in [1.29, 1.82) is 0 Å². The lowest BCUT2D eigenvalue weighted by molar-refractivity contribution is -0.136. The van der Waals surface area contributed by atoms with Crippen molar-refractivity contribution in [3.05, 3.63) is 54.1 Å². The van der Waals surface area contributed by atoms with E-state index in [0.717, 1.165) is 11.1 Å². The average molecular weight is 304 g/mol. The number of aryl methyl sites for hydroxylation is 1. The minimum Gasteiger partial charge on any atom is -0.481 e. The molecule has 0 aliphatic heterocycles. The van der Waals surface area contributed by atoms with Crippen molar-refractivity contribution in [1.82, 2.24) is 0 Å². The third-order valence-corrected chi connectivity index (χ3v) is 4.31. The Morgan fingerprint density at radius 3 is 2.48 bits per heavy atom. The van der Waals surface area contributed by atoms with Crippen molar-refractivity contribution in [3.8, 4) is 11.1 Å². The molecule has 0 spiro atoms. The van der Waals surface area contributed by atoms with Gasteiger partial charge < -0.3 is 5.11 Å². The topological polar surface area (TPSA) is 71.4 Å². The van der Waals surface area contributed by atoms with Crippen LogP contribution in [-0.4, -0.2) is 25.7 Å². The van der Waals surface area contributed by atoms with Gasteiger partial charge in [-0.25, -0.2) is 8.42 Å². The monoisotopic (exact) mass is 304 g/mol. The molecule has 0 bridgehead atoms. The molecule has 0 saturated heterocycles. The molecule has 110 valence electrons. The second-order valence-electron chi connectivity index (χ2n) is 4.86. The molecule has 4 nitrogen and oxygen atoms in total. The van der Waals surface area contributed by atoms with E-state index >= 15 is 0 Å². The normalized spacial score (nSPS) is 11.3. The number of hydrogen-bond donors (Lipinski definition) is 1. The van der Waals surface area contributed by atoms with Crippen molar-refractivity contribution < 1.29 is 18.3 Å². The molecule has 0 fully saturated rings. The molecule has 0 aliphatic carbocycles. The summed E-state index contributed by atoms with van der Waals surface area (Å²) in [7, 11) is -3.31. The summed E-state index contributed by atoms with van der Waals surface area (Å²) < 4.78 is 23.7. The maximum Gasteiger partial charge on any atom is 0.303 e. The summed E-state index contributed by atoms with van der Waals surface area (Å²) >= 11 is 0. The minimum absolute atomic E-state index is 0.0528. The molecule has 0 heterocycles. The van der Waals surface area contributed by atoms with E-state index in [0.29, 0.717) is 12.0 Å². The molecular formula is C16H16O4S. The standard InChI is InChI=1S/C16H16O4S/c1-21(19,20)15-8-3-2-7-14(15)13-6-4-5-12(11-13)9-10-16(17)18/h2-8,11H,9-10H2,1H3,(H,17,18). The Labute approximate surface area is 124 Å². The van der Waals surface area contributed by atoms with Gasteiger partial charge in [0.05, 0.1) is 4.90 Å². The van der Waals surface area contributed by atoms with E-state index in [9.17, 15) is 13.2 Å². The second-order valence-corrected chi connectivity index (χ2v) is 6.85. The first-order valence-electron chi connectivity index (χ1n) is 6.48. The van der Waals surface area contributed by atoms with Crippen LogP contribution in [0.1, 0.15) is 12.0 Å². The molecule has 2 aromatic carbocycles. The zero-order valence-electron chi connectivity index (χ0n) is 11.6. The lowest BCUT2D eigenvalue weighted by Gasteiger charge is -2.09. The fourth-order valence-electron chi connectivity index (χ4n) is 2.17. The highest BCUT2D eigenvalue weighted by molar-refractivity contribution is 7.90. The van der Waals surface area contributed by atoms with Crippen LogP contribution >= 0.6 is 0 Å². The molecule has 21 heavy (non-hydrogen) atoms. The Hall–Kier alpha value is -2.14. The third-order valence-electron chi connectivity index (χ3n) is 3.15. The van der Waals surface area contributed by atoms with E-state index in [1.54, 1.807) is 24.3 Å². The predicted molar refractivity (Wildman–Crippen MR) is 80.9 cm³/mol. The number of rotatable bonds is 5. The molecule has 5 heteroatoms. The van der Waals surface area contributed by atoms with Crippen LogP contribution < -0.4 is 0 Å². The van der Waals surface area contributed by atoms with E-state index in [1.807, 2.05) is 24.3 Å². The van der Waals surface area contributed by atoms with Gasteiger partial charge in [0.2, 0.25) is 0 Å². The predicted octanol–water partition coefficient (Wildman–Crippen LogP) is 2.77. The Morgan fingerprint density at radius 1 is 1.10 bits per heavy atom. The maximum atomic E-state index is 11.8. The van der Waals surface area contributed by atoms with Crippen molar-refractivity contribution in [2.45, 2.75) is 17.7 Å². The number of sulfone groups is 1. The van der Waals surface area contributed by atoms with Gasteiger partial charge in [0, 0.05) is 18.2 Å². The van der Waals surface area contributed by atoms with Crippen LogP contribution in [0.5, 0.6) is 0 Å². The van der Waals surface area contributed by atoms with E-state index in [2.05, 4.69) is 0 Å². The fourth-order valence-corrected chi connectivity index (χ4v) is 3.09. The zero-order valence-corrected chi connectivity index (χ0v) is 12.4. The lowest BCUT2D eigenvalue weighted by Crippen LogP contribution is -2.00. The minimum atomic E-state index is -3.31. The summed E-state index contributed by atoms with van der Waals surface area (Å²) in [5, 5.41) is 8.73. The number of carbonyl (C=O) groups is 1. The third kappa shape index (κ3) is 3.92. The van der Waals surface area contributed by atoms with Crippen LogP contribution in [0.2, 0.25) is 0 Å². The van der Waals surface area contributed by atoms with Crippen LogP contribution in [0.15, 0.2) is 53.4 Å². The maximum absolute atomic E-state index is 11.8. The first kappa shape index (κ1) is 15.3. The lowest BCUT2D eigenvalue weighted by atomic mass is 10.0. The number of benzene rings is 2. The Balaban J connectivity index is 2.44. The number of carboxylic acid groups (broad SMARTS) is 1. The largest absolute Gasteiger partial charge is 0.481 e. The van der Waals surface area contributed by atoms with Gasteiger partial charge >= 0.3 is 5.97 Å². The molecule has 0 radical (unpaired) electrons. The molecule has 2 aromatic rings. The van der Waals surface area contributed by atoms with Gasteiger partial charge in [0.1, 0.15) is 0 Å². The molecule has 1 N–H and O–H groups in total. The SMILES string of the molecule is CS(=O)(=O)c1ccccc1-c1cccc(CCC(=O)O)c1. The van der Waals surface area contributed by atoms with Crippen molar-refractivity contribution in [2.24, 2.45) is 0 Å². The zero-order chi connectivity index (χ0) is 15.5. The van der Waals surface area contributed by atoms with Crippen LogP contribution in [0, 0.1) is 0 Å². The van der Waals surface area contributed by atoms with Crippen LogP contribution in [0.4, 0.5) is 0 Å².